The van der Waals surface area contributed by atoms with Crippen LogP contribution >= 0.6 is 11.8 Å². The summed E-state index contributed by atoms with van der Waals surface area (Å²) < 4.78 is 37.4. The second-order valence-corrected chi connectivity index (χ2v) is 8.50. The topological polar surface area (TPSA) is 99.0 Å². The highest BCUT2D eigenvalue weighted by Gasteiger charge is 2.29. The number of thioether (sulfide) groups is 1. The lowest BCUT2D eigenvalue weighted by Crippen LogP contribution is -2.40. The third-order valence-corrected chi connectivity index (χ3v) is 6.66. The molecule has 27 heavy (non-hydrogen) atoms. The van der Waals surface area contributed by atoms with Gasteiger partial charge in [-0.05, 0) is 42.7 Å². The van der Waals surface area contributed by atoms with Crippen molar-refractivity contribution in [2.45, 2.75) is 9.79 Å². The Morgan fingerprint density at radius 2 is 1.81 bits per heavy atom. The van der Waals surface area contributed by atoms with E-state index >= 15 is 0 Å². The number of sulfonamides is 1. The molecular weight excluding hydrogens is 392 g/mol. The average molecular weight is 410 g/mol. The van der Waals surface area contributed by atoms with Gasteiger partial charge in [0.25, 0.3) is 0 Å². The fourth-order valence-corrected chi connectivity index (χ4v) is 4.43. The van der Waals surface area contributed by atoms with Crippen molar-refractivity contribution in [3.8, 4) is 11.5 Å². The second kappa shape index (κ2) is 8.26. The molecule has 8 nitrogen and oxygen atoms in total. The number of nitro groups is 1. The summed E-state index contributed by atoms with van der Waals surface area (Å²) >= 11 is 1.57. The summed E-state index contributed by atoms with van der Waals surface area (Å²) in [6.45, 7) is 1.04. The Kier molecular flexibility index (Phi) is 6.00. The molecule has 3 rings (SSSR count). The smallest absolute Gasteiger partial charge is 0.312 e. The Hall–Kier alpha value is -2.14. The molecule has 0 radical (unpaired) electrons. The van der Waals surface area contributed by atoms with E-state index in [1.54, 1.807) is 23.9 Å². The number of hydrogen-bond donors (Lipinski definition) is 0. The van der Waals surface area contributed by atoms with Crippen LogP contribution in [-0.4, -0.2) is 50.2 Å². The van der Waals surface area contributed by atoms with Gasteiger partial charge in [-0.2, -0.15) is 4.31 Å². The van der Waals surface area contributed by atoms with E-state index in [1.807, 2.05) is 18.4 Å². The van der Waals surface area contributed by atoms with Crippen LogP contribution in [0.3, 0.4) is 0 Å². The zero-order valence-corrected chi connectivity index (χ0v) is 16.2. The van der Waals surface area contributed by atoms with Crippen LogP contribution in [0.15, 0.2) is 52.3 Å². The SMILES string of the molecule is CSc1ccc(Oc2ccc(S(=O)(=O)N3CCOCC3)cc2[N+](=O)[O-])cc1. The third-order valence-electron chi connectivity index (χ3n) is 4.02. The number of rotatable bonds is 6. The van der Waals surface area contributed by atoms with E-state index in [4.69, 9.17) is 9.47 Å². The second-order valence-electron chi connectivity index (χ2n) is 5.68. The number of nitro benzene ring substituents is 1. The minimum Gasteiger partial charge on any atom is -0.450 e. The van der Waals surface area contributed by atoms with Crippen LogP contribution in [0.1, 0.15) is 0 Å². The van der Waals surface area contributed by atoms with Gasteiger partial charge >= 0.3 is 5.69 Å². The molecule has 1 aliphatic heterocycles. The fraction of sp³-hybridized carbons (Fsp3) is 0.294. The first-order chi connectivity index (χ1) is 12.9. The Balaban J connectivity index is 1.91. The number of benzene rings is 2. The standard InChI is InChI=1S/C17H18N2O6S2/c1-26-14-4-2-13(3-5-14)25-17-7-6-15(12-16(17)19(20)21)27(22,23)18-8-10-24-11-9-18/h2-7,12H,8-11H2,1H3. The summed E-state index contributed by atoms with van der Waals surface area (Å²) in [5.41, 5.74) is -0.404. The van der Waals surface area contributed by atoms with Crippen LogP contribution in [0, 0.1) is 10.1 Å². The first-order valence-corrected chi connectivity index (χ1v) is 10.8. The van der Waals surface area contributed by atoms with Crippen molar-refractivity contribution in [1.29, 1.82) is 0 Å². The molecule has 1 saturated heterocycles. The molecule has 144 valence electrons. The zero-order valence-electron chi connectivity index (χ0n) is 14.5. The largest absolute Gasteiger partial charge is 0.450 e. The maximum Gasteiger partial charge on any atom is 0.312 e. The summed E-state index contributed by atoms with van der Waals surface area (Å²) in [5.74, 6) is 0.414. The lowest BCUT2D eigenvalue weighted by molar-refractivity contribution is -0.385. The first kappa shape index (κ1) is 19.6. The van der Waals surface area contributed by atoms with Gasteiger partial charge in [0.2, 0.25) is 15.8 Å². The summed E-state index contributed by atoms with van der Waals surface area (Å²) in [5, 5.41) is 11.5. The van der Waals surface area contributed by atoms with Crippen molar-refractivity contribution in [3.05, 3.63) is 52.6 Å². The first-order valence-electron chi connectivity index (χ1n) is 8.10. The lowest BCUT2D eigenvalue weighted by Gasteiger charge is -2.26. The van der Waals surface area contributed by atoms with Gasteiger partial charge in [-0.25, -0.2) is 8.42 Å². The number of hydrogen-bond acceptors (Lipinski definition) is 7. The average Bonchev–Trinajstić information content (AvgIpc) is 2.69. The van der Waals surface area contributed by atoms with Crippen LogP contribution < -0.4 is 4.74 Å². The predicted octanol–water partition coefficient (Wildman–Crippen LogP) is 3.13. The highest BCUT2D eigenvalue weighted by atomic mass is 32.2. The van der Waals surface area contributed by atoms with E-state index in [2.05, 4.69) is 0 Å². The summed E-state index contributed by atoms with van der Waals surface area (Å²) in [7, 11) is -3.83. The predicted molar refractivity (Wildman–Crippen MR) is 101 cm³/mol. The van der Waals surface area contributed by atoms with E-state index in [9.17, 15) is 18.5 Å². The molecule has 0 aliphatic carbocycles. The normalized spacial score (nSPS) is 15.4. The van der Waals surface area contributed by atoms with Gasteiger partial charge in [0.15, 0.2) is 0 Å². The Labute approximate surface area is 161 Å². The Morgan fingerprint density at radius 3 is 2.41 bits per heavy atom. The molecule has 1 heterocycles. The van der Waals surface area contributed by atoms with Gasteiger partial charge in [-0.3, -0.25) is 10.1 Å². The molecule has 2 aromatic rings. The molecule has 0 bridgehead atoms. The molecule has 2 aromatic carbocycles. The minimum atomic E-state index is -3.83. The minimum absolute atomic E-state index is 0.0159. The molecule has 1 fully saturated rings. The maximum atomic E-state index is 12.7. The van der Waals surface area contributed by atoms with Crippen molar-refractivity contribution in [1.82, 2.24) is 4.31 Å². The molecule has 0 spiro atoms. The zero-order chi connectivity index (χ0) is 19.4. The monoisotopic (exact) mass is 410 g/mol. The summed E-state index contributed by atoms with van der Waals surface area (Å²) in [6.07, 6.45) is 1.94. The highest BCUT2D eigenvalue weighted by molar-refractivity contribution is 7.98. The number of nitrogens with zero attached hydrogens (tertiary/aromatic N) is 2. The van der Waals surface area contributed by atoms with Crippen molar-refractivity contribution in [3.63, 3.8) is 0 Å². The van der Waals surface area contributed by atoms with E-state index in [0.717, 1.165) is 11.0 Å². The van der Waals surface area contributed by atoms with Crippen LogP contribution in [-0.2, 0) is 14.8 Å². The van der Waals surface area contributed by atoms with Gasteiger partial charge in [-0.1, -0.05) is 0 Å². The fourth-order valence-electron chi connectivity index (χ4n) is 2.59. The van der Waals surface area contributed by atoms with Gasteiger partial charge in [0.05, 0.1) is 23.0 Å². The highest BCUT2D eigenvalue weighted by Crippen LogP contribution is 2.34. The Morgan fingerprint density at radius 1 is 1.15 bits per heavy atom. The molecule has 0 N–H and O–H groups in total. The van der Waals surface area contributed by atoms with E-state index in [0.29, 0.717) is 19.0 Å². The summed E-state index contributed by atoms with van der Waals surface area (Å²) in [6, 6.07) is 10.8. The molecule has 1 aliphatic rings. The number of ether oxygens (including phenoxy) is 2. The Bertz CT molecular complexity index is 925. The molecule has 0 atom stereocenters. The molecule has 10 heteroatoms. The van der Waals surface area contributed by atoms with Crippen LogP contribution in [0.2, 0.25) is 0 Å². The van der Waals surface area contributed by atoms with E-state index in [1.165, 1.54) is 16.4 Å². The van der Waals surface area contributed by atoms with Crippen molar-refractivity contribution < 1.29 is 22.8 Å². The van der Waals surface area contributed by atoms with Gasteiger partial charge in [0.1, 0.15) is 5.75 Å². The lowest BCUT2D eigenvalue weighted by atomic mass is 10.3. The van der Waals surface area contributed by atoms with Crippen LogP contribution in [0.5, 0.6) is 11.5 Å². The van der Waals surface area contributed by atoms with Gasteiger partial charge < -0.3 is 9.47 Å². The van der Waals surface area contributed by atoms with Crippen LogP contribution in [0.25, 0.3) is 0 Å². The maximum absolute atomic E-state index is 12.7. The van der Waals surface area contributed by atoms with Crippen molar-refractivity contribution in [2.24, 2.45) is 0 Å². The van der Waals surface area contributed by atoms with E-state index in [-0.39, 0.29) is 23.7 Å². The third kappa shape index (κ3) is 4.41. The molecule has 0 aromatic heterocycles. The van der Waals surface area contributed by atoms with Crippen molar-refractivity contribution >= 4 is 27.5 Å². The quantitative estimate of drug-likeness (QED) is 0.410. The number of morpholine rings is 1. The van der Waals surface area contributed by atoms with Gasteiger partial charge in [0, 0.05) is 24.1 Å². The van der Waals surface area contributed by atoms with E-state index < -0.39 is 20.6 Å². The summed E-state index contributed by atoms with van der Waals surface area (Å²) in [4.78, 5) is 11.7. The van der Waals surface area contributed by atoms with Gasteiger partial charge in [-0.15, -0.1) is 11.8 Å². The molecule has 0 amide bonds. The molecule has 0 unspecified atom stereocenters. The molecular formula is C17H18N2O6S2. The molecule has 0 saturated carbocycles. The van der Waals surface area contributed by atoms with Crippen LogP contribution in [0.4, 0.5) is 5.69 Å². The van der Waals surface area contributed by atoms with Crippen molar-refractivity contribution in [2.75, 3.05) is 32.6 Å².